The van der Waals surface area contributed by atoms with Gasteiger partial charge in [-0.05, 0) is 62.1 Å². The van der Waals surface area contributed by atoms with Crippen LogP contribution in [0.25, 0.3) is 0 Å². The van der Waals surface area contributed by atoms with Crippen LogP contribution >= 0.6 is 0 Å². The lowest BCUT2D eigenvalue weighted by molar-refractivity contribution is 0.00426. The predicted octanol–water partition coefficient (Wildman–Crippen LogP) is 5.35. The molecule has 0 N–H and O–H groups in total. The molecule has 0 unspecified atom stereocenters. The first-order valence-electron chi connectivity index (χ1n) is 10.3. The summed E-state index contributed by atoms with van der Waals surface area (Å²) in [5.41, 5.74) is 5.01. The summed E-state index contributed by atoms with van der Waals surface area (Å²) in [7, 11) is 1.52. The number of oxime groups is 1. The van der Waals surface area contributed by atoms with Crippen molar-refractivity contribution in [2.45, 2.75) is 40.9 Å². The van der Waals surface area contributed by atoms with Gasteiger partial charge in [-0.3, -0.25) is 0 Å². The molecule has 0 spiro atoms. The van der Waals surface area contributed by atoms with Gasteiger partial charge < -0.3 is 23.8 Å². The fourth-order valence-corrected chi connectivity index (χ4v) is 2.95. The van der Waals surface area contributed by atoms with E-state index >= 15 is 0 Å². The van der Waals surface area contributed by atoms with E-state index in [-0.39, 0.29) is 6.79 Å². The van der Waals surface area contributed by atoms with Gasteiger partial charge in [0.05, 0.1) is 25.5 Å². The summed E-state index contributed by atoms with van der Waals surface area (Å²) < 4.78 is 22.9. The van der Waals surface area contributed by atoms with Gasteiger partial charge in [0.25, 0.3) is 0 Å². The maximum absolute atomic E-state index is 5.86. The molecule has 31 heavy (non-hydrogen) atoms. The average molecular weight is 428 g/mol. The van der Waals surface area contributed by atoms with Crippen molar-refractivity contribution in [2.75, 3.05) is 27.1 Å². The number of benzene rings is 2. The van der Waals surface area contributed by atoms with Gasteiger partial charge in [-0.2, -0.15) is 0 Å². The van der Waals surface area contributed by atoms with E-state index in [1.54, 1.807) is 0 Å². The van der Waals surface area contributed by atoms with Crippen molar-refractivity contribution in [3.63, 3.8) is 0 Å². The second-order valence-electron chi connectivity index (χ2n) is 7.20. The lowest BCUT2D eigenvalue weighted by Crippen LogP contribution is -2.06. The fourth-order valence-electron chi connectivity index (χ4n) is 2.95. The molecule has 6 nitrogen and oxygen atoms in total. The normalized spacial score (nSPS) is 11.7. The molecule has 0 amide bonds. The largest absolute Gasteiger partial charge is 0.490 e. The third-order valence-electron chi connectivity index (χ3n) is 4.42. The Morgan fingerprint density at radius 1 is 0.935 bits per heavy atom. The zero-order valence-electron chi connectivity index (χ0n) is 19.1. The molecule has 2 rings (SSSR count). The molecule has 2 aromatic rings. The molecule has 0 saturated carbocycles. The molecule has 2 aromatic carbocycles. The highest BCUT2D eigenvalue weighted by Gasteiger charge is 2.07. The number of aryl methyl sites for hydroxylation is 2. The Morgan fingerprint density at radius 2 is 1.55 bits per heavy atom. The number of hydrogen-bond donors (Lipinski definition) is 0. The molecule has 6 heteroatoms. The lowest BCUT2D eigenvalue weighted by Gasteiger charge is -2.14. The summed E-state index contributed by atoms with van der Waals surface area (Å²) in [6.07, 6.45) is 3.94. The molecule has 0 heterocycles. The summed E-state index contributed by atoms with van der Waals surface area (Å²) in [4.78, 5) is 4.71. The number of allylic oxidation sites excluding steroid dienone is 1. The zero-order chi connectivity index (χ0) is 22.5. The lowest BCUT2D eigenvalue weighted by atomic mass is 10.1. The maximum Gasteiger partial charge on any atom is 0.189 e. The topological polar surface area (TPSA) is 58.5 Å². The van der Waals surface area contributed by atoms with Crippen molar-refractivity contribution in [3.05, 3.63) is 70.8 Å². The van der Waals surface area contributed by atoms with E-state index in [9.17, 15) is 0 Å². The monoisotopic (exact) mass is 427 g/mol. The molecule has 0 aliphatic heterocycles. The number of nitrogens with zero attached hydrogens (tertiary/aromatic N) is 1. The Balaban J connectivity index is 1.75. The van der Waals surface area contributed by atoms with Gasteiger partial charge in [0.2, 0.25) is 0 Å². The summed E-state index contributed by atoms with van der Waals surface area (Å²) in [5, 5.41) is 3.82. The minimum Gasteiger partial charge on any atom is -0.490 e. The van der Waals surface area contributed by atoms with Crippen LogP contribution in [0.2, 0.25) is 0 Å². The van der Waals surface area contributed by atoms with E-state index in [2.05, 4.69) is 5.16 Å². The number of ether oxygens (including phenoxy) is 4. The molecular formula is C25H33NO5. The van der Waals surface area contributed by atoms with Gasteiger partial charge in [0.15, 0.2) is 6.79 Å². The molecule has 0 bridgehead atoms. The van der Waals surface area contributed by atoms with Crippen LogP contribution in [0.5, 0.6) is 11.5 Å². The van der Waals surface area contributed by atoms with E-state index < -0.39 is 0 Å². The predicted molar refractivity (Wildman–Crippen MR) is 123 cm³/mol. The smallest absolute Gasteiger partial charge is 0.189 e. The highest BCUT2D eigenvalue weighted by Crippen LogP contribution is 2.28. The molecular weight excluding hydrogens is 394 g/mol. The first kappa shape index (κ1) is 24.4. The van der Waals surface area contributed by atoms with E-state index in [1.165, 1.54) is 7.11 Å². The number of hydrogen-bond acceptors (Lipinski definition) is 6. The van der Waals surface area contributed by atoms with E-state index in [0.29, 0.717) is 26.4 Å². The van der Waals surface area contributed by atoms with Gasteiger partial charge in [-0.1, -0.05) is 41.6 Å². The third kappa shape index (κ3) is 8.82. The minimum absolute atomic E-state index is 0.184. The van der Waals surface area contributed by atoms with Crippen LogP contribution in [0.3, 0.4) is 0 Å². The molecule has 0 fully saturated rings. The van der Waals surface area contributed by atoms with Crippen LogP contribution in [0.15, 0.2) is 53.7 Å². The van der Waals surface area contributed by atoms with Crippen LogP contribution in [0.1, 0.15) is 36.1 Å². The molecule has 0 aliphatic carbocycles. The van der Waals surface area contributed by atoms with E-state index in [4.69, 9.17) is 23.8 Å². The second-order valence-corrected chi connectivity index (χ2v) is 7.20. The van der Waals surface area contributed by atoms with Crippen molar-refractivity contribution >= 4 is 5.71 Å². The zero-order valence-corrected chi connectivity index (χ0v) is 19.1. The number of rotatable bonds is 13. The van der Waals surface area contributed by atoms with Crippen LogP contribution < -0.4 is 9.47 Å². The Labute approximate surface area is 185 Å². The molecule has 0 aliphatic rings. The summed E-state index contributed by atoms with van der Waals surface area (Å²) in [6.45, 7) is 10.0. The van der Waals surface area contributed by atoms with Gasteiger partial charge >= 0.3 is 0 Å². The van der Waals surface area contributed by atoms with Crippen LogP contribution in [0, 0.1) is 13.8 Å². The van der Waals surface area contributed by atoms with Gasteiger partial charge in [-0.15, -0.1) is 0 Å². The highest BCUT2D eigenvalue weighted by molar-refractivity contribution is 5.82. The van der Waals surface area contributed by atoms with Crippen LogP contribution in [-0.4, -0.2) is 32.8 Å². The summed E-state index contributed by atoms with van der Waals surface area (Å²) in [5.74, 6) is 1.67. The summed E-state index contributed by atoms with van der Waals surface area (Å²) >= 11 is 0. The average Bonchev–Trinajstić information content (AvgIpc) is 2.74. The van der Waals surface area contributed by atoms with Crippen LogP contribution in [0.4, 0.5) is 0 Å². The molecule has 0 atom stereocenters. The van der Waals surface area contributed by atoms with Crippen molar-refractivity contribution in [1.82, 2.24) is 0 Å². The SMILES string of the molecule is C/C=C/COc1cc(C)c(OCOCc2ccc(COC/C(C)=N/OC)cc2)c(C)c1. The van der Waals surface area contributed by atoms with Crippen molar-refractivity contribution < 1.29 is 23.8 Å². The van der Waals surface area contributed by atoms with Crippen LogP contribution in [-0.2, 0) is 27.5 Å². The third-order valence-corrected chi connectivity index (χ3v) is 4.42. The second kappa shape index (κ2) is 13.5. The summed E-state index contributed by atoms with van der Waals surface area (Å²) in [6, 6.07) is 12.1. The minimum atomic E-state index is 0.184. The van der Waals surface area contributed by atoms with E-state index in [1.807, 2.05) is 76.2 Å². The Hall–Kier alpha value is -2.83. The van der Waals surface area contributed by atoms with Crippen molar-refractivity contribution in [1.29, 1.82) is 0 Å². The maximum atomic E-state index is 5.86. The first-order chi connectivity index (χ1) is 15.0. The highest BCUT2D eigenvalue weighted by atomic mass is 16.7. The quantitative estimate of drug-likeness (QED) is 0.142. The van der Waals surface area contributed by atoms with Gasteiger partial charge in [0, 0.05) is 0 Å². The molecule has 0 radical (unpaired) electrons. The van der Waals surface area contributed by atoms with Gasteiger partial charge in [0.1, 0.15) is 25.2 Å². The Kier molecular flexibility index (Phi) is 10.6. The Bertz CT molecular complexity index is 836. The van der Waals surface area contributed by atoms with Crippen molar-refractivity contribution in [3.8, 4) is 11.5 Å². The Morgan fingerprint density at radius 3 is 2.13 bits per heavy atom. The first-order valence-corrected chi connectivity index (χ1v) is 10.3. The van der Waals surface area contributed by atoms with Crippen molar-refractivity contribution in [2.24, 2.45) is 5.16 Å². The standard InChI is InChI=1S/C25H33NO5/c1-6-7-12-30-24-13-19(2)25(20(3)14-24)31-18-29-17-23-10-8-22(9-11-23)16-28-15-21(4)26-27-5/h6-11,13-14H,12,15-18H2,1-5H3/b7-6+,26-21+. The van der Waals surface area contributed by atoms with Gasteiger partial charge in [-0.25, -0.2) is 0 Å². The van der Waals surface area contributed by atoms with E-state index in [0.717, 1.165) is 39.5 Å². The molecule has 0 aromatic heterocycles. The fraction of sp³-hybridized carbons (Fsp3) is 0.400. The molecule has 168 valence electrons. The molecule has 0 saturated heterocycles.